The summed E-state index contributed by atoms with van der Waals surface area (Å²) in [5.41, 5.74) is 18.2. The van der Waals surface area contributed by atoms with Crippen LogP contribution in [-0.2, 0) is 11.8 Å². The van der Waals surface area contributed by atoms with Crippen LogP contribution in [0.15, 0.2) is 156 Å². The number of para-hydroxylation sites is 3. The van der Waals surface area contributed by atoms with E-state index < -0.39 is 0 Å². The molecule has 256 valence electrons. The first-order valence-electron chi connectivity index (χ1n) is 19.1. The summed E-state index contributed by atoms with van der Waals surface area (Å²) in [5, 5.41) is 5.96. The van der Waals surface area contributed by atoms with Crippen LogP contribution in [0.5, 0.6) is 0 Å². The lowest BCUT2D eigenvalue weighted by Gasteiger charge is -2.22. The number of benzene rings is 7. The minimum atomic E-state index is -0.111. The Bertz CT molecular complexity index is 3240. The van der Waals surface area contributed by atoms with Gasteiger partial charge < -0.3 is 13.6 Å². The summed E-state index contributed by atoms with van der Waals surface area (Å²) in [7, 11) is 0. The van der Waals surface area contributed by atoms with Crippen molar-refractivity contribution in [3.05, 3.63) is 174 Å². The lowest BCUT2D eigenvalue weighted by molar-refractivity contribution is 0.660. The third-order valence-corrected chi connectivity index (χ3v) is 12.4. The Morgan fingerprint density at radius 1 is 0.556 bits per heavy atom. The van der Waals surface area contributed by atoms with E-state index in [0.29, 0.717) is 0 Å². The minimum absolute atomic E-state index is 0.111. The molecule has 2 aliphatic rings. The summed E-state index contributed by atoms with van der Waals surface area (Å²) < 4.78 is 11.8. The second-order valence-electron chi connectivity index (χ2n) is 15.6. The molecule has 12 rings (SSSR count). The number of allylic oxidation sites excluding steroid dienone is 1. The number of furan rings is 1. The highest BCUT2D eigenvalue weighted by molar-refractivity contribution is 6.27. The molecule has 3 aromatic heterocycles. The van der Waals surface area contributed by atoms with Crippen LogP contribution in [0.25, 0.3) is 94.4 Å². The molecule has 0 fully saturated rings. The zero-order valence-corrected chi connectivity index (χ0v) is 30.2. The third kappa shape index (κ3) is 3.91. The second-order valence-corrected chi connectivity index (χ2v) is 15.6. The number of aromatic nitrogens is 2. The maximum atomic E-state index is 6.84. The number of hydrogen-bond acceptors (Lipinski definition) is 1. The Kier molecular flexibility index (Phi) is 5.96. The molecule has 0 spiro atoms. The van der Waals surface area contributed by atoms with Gasteiger partial charge in [0.2, 0.25) is 0 Å². The van der Waals surface area contributed by atoms with Crippen molar-refractivity contribution in [3.63, 3.8) is 0 Å². The van der Waals surface area contributed by atoms with Gasteiger partial charge in [0, 0.05) is 49.6 Å². The molecule has 3 heterocycles. The largest absolute Gasteiger partial charge is 0.455 e. The third-order valence-electron chi connectivity index (χ3n) is 12.4. The first-order valence-corrected chi connectivity index (χ1v) is 19.1. The van der Waals surface area contributed by atoms with Gasteiger partial charge in [-0.05, 0) is 107 Å². The molecule has 3 heteroatoms. The molecule has 0 atom stereocenters. The smallest absolute Gasteiger partial charge is 0.145 e. The van der Waals surface area contributed by atoms with Crippen molar-refractivity contribution in [1.29, 1.82) is 0 Å². The Morgan fingerprint density at radius 2 is 1.31 bits per heavy atom. The maximum absolute atomic E-state index is 6.84. The maximum Gasteiger partial charge on any atom is 0.145 e. The van der Waals surface area contributed by atoms with Crippen molar-refractivity contribution in [2.24, 2.45) is 0 Å². The van der Waals surface area contributed by atoms with Crippen molar-refractivity contribution < 1.29 is 4.42 Å². The van der Waals surface area contributed by atoms with Crippen LogP contribution in [0, 0.1) is 0 Å². The number of fused-ring (bicyclic) bond motifs is 13. The van der Waals surface area contributed by atoms with Gasteiger partial charge in [0.25, 0.3) is 0 Å². The van der Waals surface area contributed by atoms with Crippen molar-refractivity contribution >= 4 is 60.7 Å². The van der Waals surface area contributed by atoms with Gasteiger partial charge >= 0.3 is 0 Å². The molecule has 0 bridgehead atoms. The van der Waals surface area contributed by atoms with Gasteiger partial charge in [0.05, 0.1) is 21.9 Å². The molecule has 0 amide bonds. The molecule has 54 heavy (non-hydrogen) atoms. The first-order chi connectivity index (χ1) is 26.6. The fraction of sp³-hybridized carbons (Fsp3) is 0.0980. The SMILES string of the molecule is CC1(C)c2ccccc2-c2ccc(-n3c4ccccc4c4c5oc6ccccc6c5cc(-c5ccc6c(c5)c5c(n6-c6ccccc6)C=CCC5)c43)cc21. The van der Waals surface area contributed by atoms with Gasteiger partial charge in [0.15, 0.2) is 0 Å². The van der Waals surface area contributed by atoms with Crippen molar-refractivity contribution in [2.75, 3.05) is 0 Å². The molecule has 7 aromatic carbocycles. The highest BCUT2D eigenvalue weighted by atomic mass is 16.3. The normalized spacial score (nSPS) is 14.4. The first kappa shape index (κ1) is 29.9. The molecule has 0 unspecified atom stereocenters. The number of rotatable bonds is 3. The zero-order valence-electron chi connectivity index (χ0n) is 30.2. The van der Waals surface area contributed by atoms with Crippen LogP contribution in [0.4, 0.5) is 0 Å². The van der Waals surface area contributed by atoms with Crippen LogP contribution in [-0.4, -0.2) is 9.13 Å². The quantitative estimate of drug-likeness (QED) is 0.181. The van der Waals surface area contributed by atoms with Crippen LogP contribution >= 0.6 is 0 Å². The predicted molar refractivity (Wildman–Crippen MR) is 225 cm³/mol. The van der Waals surface area contributed by atoms with Crippen LogP contribution < -0.4 is 0 Å². The van der Waals surface area contributed by atoms with Gasteiger partial charge in [-0.25, -0.2) is 0 Å². The van der Waals surface area contributed by atoms with E-state index in [1.165, 1.54) is 77.6 Å². The van der Waals surface area contributed by atoms with Crippen LogP contribution in [0.3, 0.4) is 0 Å². The fourth-order valence-corrected chi connectivity index (χ4v) is 9.91. The van der Waals surface area contributed by atoms with E-state index in [4.69, 9.17) is 4.42 Å². The topological polar surface area (TPSA) is 23.0 Å². The van der Waals surface area contributed by atoms with Gasteiger partial charge in [-0.1, -0.05) is 111 Å². The second kappa shape index (κ2) is 10.7. The average Bonchev–Trinajstić information content (AvgIpc) is 3.93. The summed E-state index contributed by atoms with van der Waals surface area (Å²) in [4.78, 5) is 0. The summed E-state index contributed by atoms with van der Waals surface area (Å²) in [5.74, 6) is 0. The van der Waals surface area contributed by atoms with E-state index in [1.54, 1.807) is 0 Å². The molecule has 0 saturated carbocycles. The van der Waals surface area contributed by atoms with Crippen LogP contribution in [0.2, 0.25) is 0 Å². The van der Waals surface area contributed by atoms with E-state index in [-0.39, 0.29) is 5.41 Å². The van der Waals surface area contributed by atoms with E-state index >= 15 is 0 Å². The highest BCUT2D eigenvalue weighted by Crippen LogP contribution is 2.51. The molecule has 2 aliphatic carbocycles. The van der Waals surface area contributed by atoms with E-state index in [2.05, 4.69) is 181 Å². The Balaban J connectivity index is 1.20. The molecule has 10 aromatic rings. The molecule has 0 N–H and O–H groups in total. The zero-order chi connectivity index (χ0) is 35.7. The number of hydrogen-bond donors (Lipinski definition) is 0. The average molecular weight is 693 g/mol. The van der Waals surface area contributed by atoms with E-state index in [0.717, 1.165) is 45.9 Å². The lowest BCUT2D eigenvalue weighted by Crippen LogP contribution is -2.15. The summed E-state index contributed by atoms with van der Waals surface area (Å²) in [6, 6.07) is 53.7. The van der Waals surface area contributed by atoms with Crippen molar-refractivity contribution in [2.45, 2.75) is 32.1 Å². The molecular formula is C51H36N2O. The molecule has 0 radical (unpaired) electrons. The van der Waals surface area contributed by atoms with Gasteiger partial charge in [-0.2, -0.15) is 0 Å². The number of aryl methyl sites for hydroxylation is 1. The monoisotopic (exact) mass is 692 g/mol. The minimum Gasteiger partial charge on any atom is -0.455 e. The molecule has 3 nitrogen and oxygen atoms in total. The Labute approximate surface area is 313 Å². The molecule has 0 aliphatic heterocycles. The fourth-order valence-electron chi connectivity index (χ4n) is 9.91. The van der Waals surface area contributed by atoms with Crippen molar-refractivity contribution in [1.82, 2.24) is 9.13 Å². The van der Waals surface area contributed by atoms with E-state index in [9.17, 15) is 0 Å². The van der Waals surface area contributed by atoms with Crippen LogP contribution in [0.1, 0.15) is 42.7 Å². The van der Waals surface area contributed by atoms with E-state index in [1.807, 2.05) is 0 Å². The standard InChI is InChI=1S/C51H36N2O/c1-51(2)42-20-10-6-16-34(42)35-26-25-33(29-43(35)51)53-45-22-12-8-19-38(45)48-49(53)39(30-41-37-18-9-13-23-47(37)54-50(41)48)31-24-27-46-40(28-31)36-17-7-11-21-44(36)52(46)32-14-4-3-5-15-32/h3-6,8-16,18-30H,7,17H2,1-2H3. The van der Waals surface area contributed by atoms with Gasteiger partial charge in [0.1, 0.15) is 11.2 Å². The number of nitrogens with zero attached hydrogens (tertiary/aromatic N) is 2. The summed E-state index contributed by atoms with van der Waals surface area (Å²) in [6.07, 6.45) is 6.71. The lowest BCUT2D eigenvalue weighted by atomic mass is 9.82. The Morgan fingerprint density at radius 3 is 2.22 bits per heavy atom. The van der Waals surface area contributed by atoms with Crippen molar-refractivity contribution in [3.8, 4) is 33.6 Å². The Hall–Kier alpha value is -6.58. The summed E-state index contributed by atoms with van der Waals surface area (Å²) >= 11 is 0. The highest BCUT2D eigenvalue weighted by Gasteiger charge is 2.36. The molecule has 0 saturated heterocycles. The van der Waals surface area contributed by atoms with Gasteiger partial charge in [-0.3, -0.25) is 0 Å². The predicted octanol–water partition coefficient (Wildman–Crippen LogP) is 13.6. The summed E-state index contributed by atoms with van der Waals surface area (Å²) in [6.45, 7) is 4.73. The van der Waals surface area contributed by atoms with Gasteiger partial charge in [-0.15, -0.1) is 0 Å². The molecular weight excluding hydrogens is 657 g/mol.